The zero-order valence-corrected chi connectivity index (χ0v) is 6.91. The van der Waals surface area contributed by atoms with Crippen LogP contribution < -0.4 is 5.32 Å². The molecule has 1 heterocycles. The molecule has 0 bridgehead atoms. The van der Waals surface area contributed by atoms with E-state index in [2.05, 4.69) is 5.32 Å². The second kappa shape index (κ2) is 3.01. The summed E-state index contributed by atoms with van der Waals surface area (Å²) in [6.45, 7) is 0. The first kappa shape index (κ1) is 7.98. The van der Waals surface area contributed by atoms with Crippen molar-refractivity contribution in [2.45, 2.75) is 12.3 Å². The summed E-state index contributed by atoms with van der Waals surface area (Å²) in [4.78, 5) is 21.5. The minimum Gasteiger partial charge on any atom is -0.325 e. The minimum absolute atomic E-state index is 0.107. The monoisotopic (exact) mass is 174 g/mol. The number of hydrogen-bond donors (Lipinski definition) is 1. The predicted molar refractivity (Wildman–Crippen MR) is 48.1 cm³/mol. The number of carbonyl (C=O) groups excluding carboxylic acids is 2. The molecule has 0 saturated carbocycles. The third kappa shape index (κ3) is 1.22. The van der Waals surface area contributed by atoms with Crippen molar-refractivity contribution in [3.8, 4) is 0 Å². The summed E-state index contributed by atoms with van der Waals surface area (Å²) in [5.74, 6) is -0.446. The number of fused-ring (bicyclic) bond motifs is 1. The van der Waals surface area contributed by atoms with Crippen molar-refractivity contribution < 1.29 is 9.59 Å². The lowest BCUT2D eigenvalue weighted by atomic mass is 9.98. The van der Waals surface area contributed by atoms with Crippen molar-refractivity contribution in [2.24, 2.45) is 0 Å². The molecule has 13 heavy (non-hydrogen) atoms. The average molecular weight is 174 g/mol. The fourth-order valence-corrected chi connectivity index (χ4v) is 1.56. The van der Waals surface area contributed by atoms with Gasteiger partial charge in [-0.2, -0.15) is 0 Å². The van der Waals surface area contributed by atoms with Gasteiger partial charge in [-0.05, 0) is 11.6 Å². The highest BCUT2D eigenvalue weighted by Crippen LogP contribution is 2.33. The molecule has 2 rings (SSSR count). The first-order valence-electron chi connectivity index (χ1n) is 4.07. The molecule has 3 heteroatoms. The highest BCUT2D eigenvalue weighted by Gasteiger charge is 2.29. The van der Waals surface area contributed by atoms with Crippen molar-refractivity contribution in [1.82, 2.24) is 0 Å². The minimum atomic E-state index is -0.339. The standard InChI is InChI=1S/C10H8NO2/c12-6-5-8-7-3-1-2-4-9(7)11-10(8)13/h1-4,8H,5H2,(H,11,13). The molecular formula is C10H8NO2. The van der Waals surface area contributed by atoms with Crippen LogP contribution in [0.25, 0.3) is 0 Å². The quantitative estimate of drug-likeness (QED) is 0.732. The van der Waals surface area contributed by atoms with Crippen LogP contribution in [0, 0.1) is 0 Å². The fourth-order valence-electron chi connectivity index (χ4n) is 1.56. The van der Waals surface area contributed by atoms with Crippen molar-refractivity contribution in [1.29, 1.82) is 0 Å². The van der Waals surface area contributed by atoms with Crippen LogP contribution in [-0.4, -0.2) is 12.2 Å². The van der Waals surface area contributed by atoms with Crippen molar-refractivity contribution in [2.75, 3.05) is 5.32 Å². The molecule has 1 aromatic rings. The van der Waals surface area contributed by atoms with Gasteiger partial charge in [0.05, 0.1) is 5.92 Å². The molecule has 65 valence electrons. The van der Waals surface area contributed by atoms with Gasteiger partial charge in [0.15, 0.2) is 6.29 Å². The molecular weight excluding hydrogens is 166 g/mol. The maximum Gasteiger partial charge on any atom is 0.232 e. The molecule has 1 aliphatic heterocycles. The molecule has 1 N–H and O–H groups in total. The maximum absolute atomic E-state index is 11.3. The molecule has 3 nitrogen and oxygen atoms in total. The molecule has 1 radical (unpaired) electrons. The van der Waals surface area contributed by atoms with E-state index in [9.17, 15) is 9.59 Å². The molecule has 1 atom stereocenters. The largest absolute Gasteiger partial charge is 0.325 e. The Balaban J connectivity index is 2.40. The molecule has 0 fully saturated rings. The first-order chi connectivity index (χ1) is 6.33. The third-order valence-electron chi connectivity index (χ3n) is 2.20. The zero-order valence-electron chi connectivity index (χ0n) is 6.91. The molecule has 0 aliphatic carbocycles. The van der Waals surface area contributed by atoms with Gasteiger partial charge >= 0.3 is 0 Å². The van der Waals surface area contributed by atoms with E-state index in [1.807, 2.05) is 24.3 Å². The second-order valence-electron chi connectivity index (χ2n) is 2.98. The second-order valence-corrected chi connectivity index (χ2v) is 2.98. The molecule has 1 amide bonds. The molecule has 1 unspecified atom stereocenters. The maximum atomic E-state index is 11.3. The zero-order chi connectivity index (χ0) is 9.26. The van der Waals surface area contributed by atoms with Gasteiger partial charge in [-0.3, -0.25) is 9.59 Å². The molecule has 1 aliphatic rings. The van der Waals surface area contributed by atoms with Gasteiger partial charge in [0.1, 0.15) is 0 Å². The number of para-hydroxylation sites is 1. The van der Waals surface area contributed by atoms with Crippen LogP contribution in [0.1, 0.15) is 17.9 Å². The summed E-state index contributed by atoms with van der Waals surface area (Å²) < 4.78 is 0. The van der Waals surface area contributed by atoms with Crippen molar-refractivity contribution >= 4 is 17.9 Å². The first-order valence-corrected chi connectivity index (χ1v) is 4.07. The normalized spacial score (nSPS) is 19.4. The Morgan fingerprint density at radius 1 is 1.38 bits per heavy atom. The fraction of sp³-hybridized carbons (Fsp3) is 0.200. The summed E-state index contributed by atoms with van der Waals surface area (Å²) in [5, 5.41) is 2.71. The van der Waals surface area contributed by atoms with Crippen LogP contribution in [-0.2, 0) is 9.59 Å². The number of rotatable bonds is 2. The summed E-state index contributed by atoms with van der Waals surface area (Å²) in [6, 6.07) is 7.40. The highest BCUT2D eigenvalue weighted by atomic mass is 16.2. The highest BCUT2D eigenvalue weighted by molar-refractivity contribution is 6.03. The van der Waals surface area contributed by atoms with Gasteiger partial charge in [0.25, 0.3) is 0 Å². The van der Waals surface area contributed by atoms with Crippen molar-refractivity contribution in [3.63, 3.8) is 0 Å². The Morgan fingerprint density at radius 2 is 2.15 bits per heavy atom. The Morgan fingerprint density at radius 3 is 2.92 bits per heavy atom. The SMILES string of the molecule is O=[C]CC1C(=O)Nc2ccccc21. The summed E-state index contributed by atoms with van der Waals surface area (Å²) in [5.41, 5.74) is 1.71. The summed E-state index contributed by atoms with van der Waals surface area (Å²) in [7, 11) is 0. The Kier molecular flexibility index (Phi) is 1.85. The smallest absolute Gasteiger partial charge is 0.232 e. The van der Waals surface area contributed by atoms with E-state index in [4.69, 9.17) is 0 Å². The van der Waals surface area contributed by atoms with E-state index >= 15 is 0 Å². The van der Waals surface area contributed by atoms with Crippen LogP contribution in [0.2, 0.25) is 0 Å². The molecule has 0 spiro atoms. The van der Waals surface area contributed by atoms with Gasteiger partial charge in [0, 0.05) is 12.1 Å². The number of amides is 1. The molecule has 1 aromatic carbocycles. The van der Waals surface area contributed by atoms with Crippen LogP contribution >= 0.6 is 0 Å². The van der Waals surface area contributed by atoms with Gasteiger partial charge in [0.2, 0.25) is 5.91 Å². The van der Waals surface area contributed by atoms with E-state index in [0.717, 1.165) is 11.3 Å². The van der Waals surface area contributed by atoms with Crippen LogP contribution in [0.3, 0.4) is 0 Å². The van der Waals surface area contributed by atoms with E-state index in [1.165, 1.54) is 0 Å². The van der Waals surface area contributed by atoms with Gasteiger partial charge in [-0.15, -0.1) is 0 Å². The van der Waals surface area contributed by atoms with E-state index in [0.29, 0.717) is 0 Å². The lowest BCUT2D eigenvalue weighted by Crippen LogP contribution is -2.12. The van der Waals surface area contributed by atoms with Crippen LogP contribution in [0.5, 0.6) is 0 Å². The lowest BCUT2D eigenvalue weighted by molar-refractivity contribution is -0.116. The van der Waals surface area contributed by atoms with Gasteiger partial charge in [-0.1, -0.05) is 18.2 Å². The number of benzene rings is 1. The van der Waals surface area contributed by atoms with Gasteiger partial charge < -0.3 is 5.32 Å². The molecule has 0 saturated heterocycles. The summed E-state index contributed by atoms with van der Waals surface area (Å²) in [6.07, 6.45) is 1.91. The lowest BCUT2D eigenvalue weighted by Gasteiger charge is -2.01. The number of hydrogen-bond acceptors (Lipinski definition) is 2. The number of nitrogens with one attached hydrogen (secondary N) is 1. The Hall–Kier alpha value is -1.64. The Labute approximate surface area is 75.8 Å². The number of anilines is 1. The van der Waals surface area contributed by atoms with Crippen LogP contribution in [0.4, 0.5) is 5.69 Å². The Bertz CT molecular complexity index is 360. The van der Waals surface area contributed by atoms with E-state index in [1.54, 1.807) is 6.29 Å². The number of carbonyl (C=O) groups is 1. The van der Waals surface area contributed by atoms with E-state index in [-0.39, 0.29) is 18.2 Å². The topological polar surface area (TPSA) is 46.2 Å². The summed E-state index contributed by atoms with van der Waals surface area (Å²) >= 11 is 0. The van der Waals surface area contributed by atoms with Gasteiger partial charge in [-0.25, -0.2) is 0 Å². The van der Waals surface area contributed by atoms with Crippen LogP contribution in [0.15, 0.2) is 24.3 Å². The predicted octanol–water partition coefficient (Wildman–Crippen LogP) is 1.22. The average Bonchev–Trinajstić information content (AvgIpc) is 2.44. The van der Waals surface area contributed by atoms with Crippen molar-refractivity contribution in [3.05, 3.63) is 29.8 Å². The van der Waals surface area contributed by atoms with E-state index < -0.39 is 0 Å². The third-order valence-corrected chi connectivity index (χ3v) is 2.20. The molecule has 0 aromatic heterocycles.